The van der Waals surface area contributed by atoms with Crippen LogP contribution in [-0.2, 0) is 6.54 Å². The largest absolute Gasteiger partial charge is 0.329 e. The highest BCUT2D eigenvalue weighted by molar-refractivity contribution is 7.18. The third kappa shape index (κ3) is 1.66. The van der Waals surface area contributed by atoms with Gasteiger partial charge in [0.2, 0.25) is 0 Å². The van der Waals surface area contributed by atoms with Gasteiger partial charge in [0.05, 0.1) is 17.9 Å². The van der Waals surface area contributed by atoms with Crippen molar-refractivity contribution < 1.29 is 0 Å². The fourth-order valence-corrected chi connectivity index (χ4v) is 2.43. The standard InChI is InChI=1S/C10H9N3O2S/c1-6-5-7-8(16-6)12-10(15)13(9(7)14)4-2-3-11/h5H,2,4H2,1H3,(H,12,15). The summed E-state index contributed by atoms with van der Waals surface area (Å²) in [6.45, 7) is 2.01. The molecular weight excluding hydrogens is 226 g/mol. The van der Waals surface area contributed by atoms with Crippen molar-refractivity contribution in [1.29, 1.82) is 5.26 Å². The van der Waals surface area contributed by atoms with E-state index in [1.54, 1.807) is 6.07 Å². The summed E-state index contributed by atoms with van der Waals surface area (Å²) in [6.07, 6.45) is 0.150. The van der Waals surface area contributed by atoms with E-state index in [0.29, 0.717) is 10.2 Å². The number of rotatable bonds is 2. The first-order valence-corrected chi connectivity index (χ1v) is 5.55. The van der Waals surface area contributed by atoms with Crippen molar-refractivity contribution in [3.63, 3.8) is 0 Å². The van der Waals surface area contributed by atoms with E-state index in [-0.39, 0.29) is 18.5 Å². The molecule has 82 valence electrons. The summed E-state index contributed by atoms with van der Waals surface area (Å²) in [5.74, 6) is 0. The van der Waals surface area contributed by atoms with Crippen molar-refractivity contribution in [3.8, 4) is 6.07 Å². The number of hydrogen-bond donors (Lipinski definition) is 1. The van der Waals surface area contributed by atoms with Crippen LogP contribution in [0.2, 0.25) is 0 Å². The molecule has 0 aliphatic rings. The van der Waals surface area contributed by atoms with E-state index in [4.69, 9.17) is 5.26 Å². The van der Waals surface area contributed by atoms with E-state index in [9.17, 15) is 9.59 Å². The van der Waals surface area contributed by atoms with Crippen LogP contribution in [0, 0.1) is 18.3 Å². The monoisotopic (exact) mass is 235 g/mol. The molecule has 0 spiro atoms. The Bertz CT molecular complexity index is 687. The normalized spacial score (nSPS) is 10.5. The molecule has 0 aliphatic carbocycles. The molecule has 0 saturated carbocycles. The molecular formula is C10H9N3O2S. The van der Waals surface area contributed by atoms with Crippen LogP contribution in [0.1, 0.15) is 11.3 Å². The number of H-pyrrole nitrogens is 1. The minimum Gasteiger partial charge on any atom is -0.298 e. The van der Waals surface area contributed by atoms with Gasteiger partial charge in [-0.1, -0.05) is 0 Å². The molecule has 0 fully saturated rings. The van der Waals surface area contributed by atoms with Gasteiger partial charge in [0.15, 0.2) is 0 Å². The molecule has 2 aromatic heterocycles. The summed E-state index contributed by atoms with van der Waals surface area (Å²) in [4.78, 5) is 27.7. The fourth-order valence-electron chi connectivity index (χ4n) is 1.53. The Kier molecular flexibility index (Phi) is 2.62. The van der Waals surface area contributed by atoms with Gasteiger partial charge in [0.1, 0.15) is 4.83 Å². The van der Waals surface area contributed by atoms with Gasteiger partial charge < -0.3 is 0 Å². The molecule has 0 unspecified atom stereocenters. The van der Waals surface area contributed by atoms with Crippen LogP contribution < -0.4 is 11.2 Å². The Morgan fingerprint density at radius 3 is 3.00 bits per heavy atom. The zero-order chi connectivity index (χ0) is 11.7. The molecule has 0 amide bonds. The lowest BCUT2D eigenvalue weighted by Crippen LogP contribution is -2.34. The van der Waals surface area contributed by atoms with Crippen LogP contribution in [0.5, 0.6) is 0 Å². The maximum absolute atomic E-state index is 11.9. The van der Waals surface area contributed by atoms with Gasteiger partial charge >= 0.3 is 5.69 Å². The molecule has 0 aromatic carbocycles. The third-order valence-corrected chi connectivity index (χ3v) is 3.21. The van der Waals surface area contributed by atoms with Crippen LogP contribution in [0.15, 0.2) is 15.7 Å². The van der Waals surface area contributed by atoms with Crippen LogP contribution in [0.3, 0.4) is 0 Å². The van der Waals surface area contributed by atoms with Crippen LogP contribution in [0.25, 0.3) is 10.2 Å². The second-order valence-corrected chi connectivity index (χ2v) is 4.65. The highest BCUT2D eigenvalue weighted by atomic mass is 32.1. The molecule has 2 rings (SSSR count). The van der Waals surface area contributed by atoms with Crippen molar-refractivity contribution in [1.82, 2.24) is 9.55 Å². The topological polar surface area (TPSA) is 78.7 Å². The lowest BCUT2D eigenvalue weighted by Gasteiger charge is -2.00. The van der Waals surface area contributed by atoms with Gasteiger partial charge in [-0.25, -0.2) is 4.79 Å². The van der Waals surface area contributed by atoms with Gasteiger partial charge in [0.25, 0.3) is 5.56 Å². The molecule has 0 radical (unpaired) electrons. The van der Waals surface area contributed by atoms with Gasteiger partial charge in [-0.15, -0.1) is 11.3 Å². The van der Waals surface area contributed by atoms with Crippen molar-refractivity contribution in [2.45, 2.75) is 19.9 Å². The van der Waals surface area contributed by atoms with E-state index < -0.39 is 5.69 Å². The second-order valence-electron chi connectivity index (χ2n) is 3.39. The Labute approximate surface area is 94.6 Å². The Balaban J connectivity index is 2.71. The number of nitrogens with one attached hydrogen (secondary N) is 1. The van der Waals surface area contributed by atoms with E-state index in [0.717, 1.165) is 9.44 Å². The van der Waals surface area contributed by atoms with Crippen LogP contribution in [0.4, 0.5) is 0 Å². The van der Waals surface area contributed by atoms with E-state index in [1.807, 2.05) is 13.0 Å². The maximum Gasteiger partial charge on any atom is 0.329 e. The average Bonchev–Trinajstić information content (AvgIpc) is 2.59. The summed E-state index contributed by atoms with van der Waals surface area (Å²) in [7, 11) is 0. The van der Waals surface area contributed by atoms with E-state index >= 15 is 0 Å². The van der Waals surface area contributed by atoms with Crippen molar-refractivity contribution in [3.05, 3.63) is 31.8 Å². The van der Waals surface area contributed by atoms with Gasteiger partial charge in [0, 0.05) is 11.4 Å². The zero-order valence-corrected chi connectivity index (χ0v) is 9.43. The van der Waals surface area contributed by atoms with Gasteiger partial charge in [-0.3, -0.25) is 14.3 Å². The lowest BCUT2D eigenvalue weighted by atomic mass is 10.3. The summed E-state index contributed by atoms with van der Waals surface area (Å²) >= 11 is 1.38. The van der Waals surface area contributed by atoms with Crippen molar-refractivity contribution in [2.75, 3.05) is 0 Å². The lowest BCUT2D eigenvalue weighted by molar-refractivity contribution is 0.651. The molecule has 1 N–H and O–H groups in total. The maximum atomic E-state index is 11.9. The summed E-state index contributed by atoms with van der Waals surface area (Å²) in [6, 6.07) is 3.67. The van der Waals surface area contributed by atoms with Crippen LogP contribution >= 0.6 is 11.3 Å². The molecule has 0 aliphatic heterocycles. The Morgan fingerprint density at radius 1 is 1.56 bits per heavy atom. The molecule has 5 nitrogen and oxygen atoms in total. The van der Waals surface area contributed by atoms with E-state index in [1.165, 1.54) is 11.3 Å². The minimum atomic E-state index is -0.449. The van der Waals surface area contributed by atoms with E-state index in [2.05, 4.69) is 4.98 Å². The Hall–Kier alpha value is -1.87. The second kappa shape index (κ2) is 3.94. The first-order valence-electron chi connectivity index (χ1n) is 4.73. The molecule has 6 heteroatoms. The molecule has 0 atom stereocenters. The number of hydrogen-bond acceptors (Lipinski definition) is 4. The molecule has 0 saturated heterocycles. The predicted octanol–water partition coefficient (Wildman–Crippen LogP) is 0.973. The Morgan fingerprint density at radius 2 is 2.31 bits per heavy atom. The van der Waals surface area contributed by atoms with Crippen molar-refractivity contribution >= 4 is 21.6 Å². The number of fused-ring (bicyclic) bond motifs is 1. The summed E-state index contributed by atoms with van der Waals surface area (Å²) in [5, 5.41) is 8.97. The predicted molar refractivity (Wildman–Crippen MR) is 61.7 cm³/mol. The molecule has 0 bridgehead atoms. The van der Waals surface area contributed by atoms with Gasteiger partial charge in [-0.05, 0) is 13.0 Å². The highest BCUT2D eigenvalue weighted by Crippen LogP contribution is 2.18. The van der Waals surface area contributed by atoms with Crippen molar-refractivity contribution in [2.24, 2.45) is 0 Å². The zero-order valence-electron chi connectivity index (χ0n) is 8.61. The van der Waals surface area contributed by atoms with Gasteiger partial charge in [-0.2, -0.15) is 5.26 Å². The average molecular weight is 235 g/mol. The number of nitriles is 1. The number of aromatic amines is 1. The third-order valence-electron chi connectivity index (χ3n) is 2.24. The van der Waals surface area contributed by atoms with Crippen LogP contribution in [-0.4, -0.2) is 9.55 Å². The first-order chi connectivity index (χ1) is 7.63. The summed E-state index contributed by atoms with van der Waals surface area (Å²) in [5.41, 5.74) is -0.770. The number of aryl methyl sites for hydroxylation is 1. The SMILES string of the molecule is Cc1cc2c(=O)n(CCC#N)c(=O)[nH]c2s1. The number of nitrogens with zero attached hydrogens (tertiary/aromatic N) is 2. The number of thiophene rings is 1. The first kappa shape index (κ1) is 10.6. The summed E-state index contributed by atoms with van der Waals surface area (Å²) < 4.78 is 1.07. The smallest absolute Gasteiger partial charge is 0.298 e. The quantitative estimate of drug-likeness (QED) is 0.842. The molecule has 16 heavy (non-hydrogen) atoms. The minimum absolute atomic E-state index is 0.134. The molecule has 2 heterocycles. The molecule has 2 aromatic rings. The number of aromatic nitrogens is 2. The fraction of sp³-hybridized carbons (Fsp3) is 0.300. The highest BCUT2D eigenvalue weighted by Gasteiger charge is 2.09.